The minimum absolute atomic E-state index is 0.0596. The summed E-state index contributed by atoms with van der Waals surface area (Å²) in [4.78, 5) is 24.2. The first kappa shape index (κ1) is 23.7. The van der Waals surface area contributed by atoms with Gasteiger partial charge in [0.05, 0.1) is 4.90 Å². The van der Waals surface area contributed by atoms with Crippen molar-refractivity contribution in [3.8, 4) is 0 Å². The number of nitrogens with zero attached hydrogens (tertiary/aromatic N) is 1. The third-order valence-electron chi connectivity index (χ3n) is 5.61. The van der Waals surface area contributed by atoms with Crippen molar-refractivity contribution in [3.05, 3.63) is 77.9 Å². The molecule has 1 heterocycles. The van der Waals surface area contributed by atoms with Gasteiger partial charge in [0.15, 0.2) is 0 Å². The molecule has 0 radical (unpaired) electrons. The van der Waals surface area contributed by atoms with E-state index in [4.69, 9.17) is 0 Å². The molecular formula is C24H29N3O4S. The van der Waals surface area contributed by atoms with Crippen molar-refractivity contribution in [1.82, 2.24) is 14.9 Å². The van der Waals surface area contributed by atoms with Gasteiger partial charge < -0.3 is 10.6 Å². The molecule has 0 aliphatic carbocycles. The lowest BCUT2D eigenvalue weighted by Crippen LogP contribution is -2.46. The number of hydrogen-bond donors (Lipinski definition) is 2. The topological polar surface area (TPSA) is 95.6 Å². The Bertz CT molecular complexity index is 1080. The highest BCUT2D eigenvalue weighted by Crippen LogP contribution is 2.23. The predicted octanol–water partition coefficient (Wildman–Crippen LogP) is 2.42. The van der Waals surface area contributed by atoms with Crippen molar-refractivity contribution in [2.75, 3.05) is 19.6 Å². The molecule has 2 amide bonds. The number of piperidine rings is 1. The smallest absolute Gasteiger partial charge is 0.251 e. The Hall–Kier alpha value is -2.97. The molecule has 0 atom stereocenters. The van der Waals surface area contributed by atoms with Gasteiger partial charge in [-0.15, -0.1) is 0 Å². The van der Waals surface area contributed by atoms with Gasteiger partial charge in [0.2, 0.25) is 15.9 Å². The summed E-state index contributed by atoms with van der Waals surface area (Å²) in [6, 6.07) is 14.4. The molecule has 1 saturated heterocycles. The summed E-state index contributed by atoms with van der Waals surface area (Å²) in [5, 5.41) is 5.71. The van der Waals surface area contributed by atoms with Crippen LogP contribution in [0.15, 0.2) is 66.1 Å². The van der Waals surface area contributed by atoms with E-state index in [9.17, 15) is 18.0 Å². The van der Waals surface area contributed by atoms with E-state index in [0.29, 0.717) is 43.6 Å². The number of benzene rings is 2. The molecule has 8 heteroatoms. The van der Waals surface area contributed by atoms with Crippen LogP contribution >= 0.6 is 0 Å². The first-order valence-corrected chi connectivity index (χ1v) is 12.1. The van der Waals surface area contributed by atoms with Crippen LogP contribution in [0.5, 0.6) is 0 Å². The second-order valence-corrected chi connectivity index (χ2v) is 9.80. The Morgan fingerprint density at radius 2 is 1.81 bits per heavy atom. The van der Waals surface area contributed by atoms with E-state index in [1.54, 1.807) is 19.1 Å². The van der Waals surface area contributed by atoms with Gasteiger partial charge in [0.25, 0.3) is 5.91 Å². The Balaban J connectivity index is 1.60. The average molecular weight is 456 g/mol. The van der Waals surface area contributed by atoms with Gasteiger partial charge in [0.1, 0.15) is 0 Å². The third-order valence-corrected chi connectivity index (χ3v) is 7.50. The number of carbonyl (C=O) groups excluding carboxylic acids is 2. The molecule has 2 N–H and O–H groups in total. The minimum Gasteiger partial charge on any atom is -0.352 e. The molecule has 2 aromatic rings. The number of amides is 2. The summed E-state index contributed by atoms with van der Waals surface area (Å²) in [6.07, 6.45) is 3.02. The number of sulfonamides is 1. The Morgan fingerprint density at radius 1 is 1.12 bits per heavy atom. The average Bonchev–Trinajstić information content (AvgIpc) is 2.80. The van der Waals surface area contributed by atoms with Gasteiger partial charge in [0, 0.05) is 31.2 Å². The molecule has 0 bridgehead atoms. The molecule has 3 rings (SSSR count). The molecule has 0 spiro atoms. The molecular weight excluding hydrogens is 426 g/mol. The van der Waals surface area contributed by atoms with E-state index in [0.717, 1.165) is 12.0 Å². The fourth-order valence-corrected chi connectivity index (χ4v) is 5.32. The zero-order valence-electron chi connectivity index (χ0n) is 18.2. The van der Waals surface area contributed by atoms with Gasteiger partial charge >= 0.3 is 0 Å². The third kappa shape index (κ3) is 5.83. The van der Waals surface area contributed by atoms with Crippen molar-refractivity contribution in [2.24, 2.45) is 0 Å². The summed E-state index contributed by atoms with van der Waals surface area (Å²) in [5.74, 6) is -0.472. The normalized spacial score (nSPS) is 15.2. The lowest BCUT2D eigenvalue weighted by Gasteiger charge is -2.31. The molecule has 1 fully saturated rings. The van der Waals surface area contributed by atoms with E-state index >= 15 is 0 Å². The molecule has 2 aromatic carbocycles. The van der Waals surface area contributed by atoms with Crippen LogP contribution < -0.4 is 10.6 Å². The van der Waals surface area contributed by atoms with Crippen LogP contribution in [0.2, 0.25) is 0 Å². The van der Waals surface area contributed by atoms with Gasteiger partial charge in [-0.2, -0.15) is 4.31 Å². The van der Waals surface area contributed by atoms with E-state index < -0.39 is 10.0 Å². The van der Waals surface area contributed by atoms with Gasteiger partial charge in [-0.1, -0.05) is 36.9 Å². The maximum Gasteiger partial charge on any atom is 0.251 e. The lowest BCUT2D eigenvalue weighted by molar-refractivity contribution is -0.117. The fraction of sp³-hybridized carbons (Fsp3) is 0.333. The molecule has 170 valence electrons. The molecule has 0 saturated carbocycles. The molecule has 1 aliphatic heterocycles. The van der Waals surface area contributed by atoms with Crippen LogP contribution in [0.25, 0.3) is 0 Å². The van der Waals surface area contributed by atoms with Gasteiger partial charge in [-0.25, -0.2) is 8.42 Å². The Morgan fingerprint density at radius 3 is 2.44 bits per heavy atom. The van der Waals surface area contributed by atoms with E-state index in [2.05, 4.69) is 17.2 Å². The number of nitrogens with one attached hydrogen (secondary N) is 2. The number of aryl methyl sites for hydroxylation is 1. The zero-order chi connectivity index (χ0) is 23.1. The van der Waals surface area contributed by atoms with Crippen LogP contribution in [-0.2, 0) is 21.2 Å². The summed E-state index contributed by atoms with van der Waals surface area (Å²) >= 11 is 0. The Labute approximate surface area is 189 Å². The molecule has 1 aliphatic rings. The first-order valence-electron chi connectivity index (χ1n) is 10.7. The molecule has 32 heavy (non-hydrogen) atoms. The summed E-state index contributed by atoms with van der Waals surface area (Å²) in [7, 11) is -3.67. The lowest BCUT2D eigenvalue weighted by atomic mass is 10.1. The molecule has 7 nitrogen and oxygen atoms in total. The quantitative estimate of drug-likeness (QED) is 0.598. The van der Waals surface area contributed by atoms with E-state index in [1.807, 2.05) is 30.3 Å². The van der Waals surface area contributed by atoms with Crippen LogP contribution in [0, 0.1) is 6.92 Å². The summed E-state index contributed by atoms with van der Waals surface area (Å²) in [6.45, 7) is 6.32. The highest BCUT2D eigenvalue weighted by Gasteiger charge is 2.30. The highest BCUT2D eigenvalue weighted by atomic mass is 32.2. The maximum absolute atomic E-state index is 13.1. The minimum atomic E-state index is -3.67. The van der Waals surface area contributed by atoms with Crippen LogP contribution in [-0.4, -0.2) is 50.2 Å². The van der Waals surface area contributed by atoms with E-state index in [1.165, 1.54) is 16.4 Å². The second kappa shape index (κ2) is 10.6. The standard InChI is InChI=1S/C24H29N3O4S/c1-3-23(28)26-20-12-15-27(16-13-20)32(30,31)21-9-10-22(18(2)17-21)24(29)25-14-11-19-7-5-4-6-8-19/h3-10,17,20H,1,11-16H2,2H3,(H,25,29)(H,26,28). The zero-order valence-corrected chi connectivity index (χ0v) is 19.0. The number of rotatable bonds is 8. The van der Waals surface area contributed by atoms with Gasteiger partial charge in [-0.05, 0) is 61.6 Å². The van der Waals surface area contributed by atoms with Crippen LogP contribution in [0.4, 0.5) is 0 Å². The molecule has 0 unspecified atom stereocenters. The van der Waals surface area contributed by atoms with Crippen molar-refractivity contribution >= 4 is 21.8 Å². The fourth-order valence-electron chi connectivity index (χ4n) is 3.76. The van der Waals surface area contributed by atoms with Crippen molar-refractivity contribution in [3.63, 3.8) is 0 Å². The largest absolute Gasteiger partial charge is 0.352 e. The van der Waals surface area contributed by atoms with Crippen LogP contribution in [0.1, 0.15) is 34.3 Å². The van der Waals surface area contributed by atoms with Crippen molar-refractivity contribution in [2.45, 2.75) is 37.1 Å². The highest BCUT2D eigenvalue weighted by molar-refractivity contribution is 7.89. The molecule has 0 aromatic heterocycles. The number of hydrogen-bond acceptors (Lipinski definition) is 4. The monoisotopic (exact) mass is 455 g/mol. The predicted molar refractivity (Wildman–Crippen MR) is 124 cm³/mol. The number of carbonyl (C=O) groups is 2. The SMILES string of the molecule is C=CC(=O)NC1CCN(S(=O)(=O)c2ccc(C(=O)NCCc3ccccc3)c(C)c2)CC1. The maximum atomic E-state index is 13.1. The van der Waals surface area contributed by atoms with Gasteiger partial charge in [-0.3, -0.25) is 9.59 Å². The Kier molecular flexibility index (Phi) is 7.82. The van der Waals surface area contributed by atoms with Crippen LogP contribution in [0.3, 0.4) is 0 Å². The summed E-state index contributed by atoms with van der Waals surface area (Å²) < 4.78 is 27.5. The van der Waals surface area contributed by atoms with Crippen molar-refractivity contribution < 1.29 is 18.0 Å². The van der Waals surface area contributed by atoms with Crippen molar-refractivity contribution in [1.29, 1.82) is 0 Å². The van der Waals surface area contributed by atoms with E-state index in [-0.39, 0.29) is 22.8 Å². The second-order valence-electron chi connectivity index (χ2n) is 7.86. The first-order chi connectivity index (χ1) is 15.3. The summed E-state index contributed by atoms with van der Waals surface area (Å²) in [5.41, 5.74) is 2.21.